The number of aryl methyl sites for hydroxylation is 2. The van der Waals surface area contributed by atoms with Crippen LogP contribution in [-0.4, -0.2) is 31.7 Å². The zero-order valence-electron chi connectivity index (χ0n) is 19.3. The Morgan fingerprint density at radius 2 is 1.64 bits per heavy atom. The molecule has 1 saturated heterocycles. The van der Waals surface area contributed by atoms with E-state index in [1.807, 2.05) is 39.8 Å². The lowest BCUT2D eigenvalue weighted by Gasteiger charge is -2.32. The number of benzene rings is 2. The van der Waals surface area contributed by atoms with Gasteiger partial charge in [-0.15, -0.1) is 11.3 Å². The van der Waals surface area contributed by atoms with Gasteiger partial charge in [0.1, 0.15) is 0 Å². The standard InChI is InChI=1S/C25H28Cl2N2O2S2/c1-15-11-16(2)18(4)24(17(15)3)33(30,31)21-7-9-29(10-8-21)25-28-20(14-32-25)12-19-5-6-22(26)23(27)13-19/h5-6,11,13-14,21H,7-10,12H2,1-4H3. The van der Waals surface area contributed by atoms with Gasteiger partial charge in [-0.2, -0.15) is 0 Å². The predicted molar refractivity (Wildman–Crippen MR) is 139 cm³/mol. The van der Waals surface area contributed by atoms with Crippen molar-refractivity contribution in [3.8, 4) is 0 Å². The maximum atomic E-state index is 13.6. The van der Waals surface area contributed by atoms with Gasteiger partial charge in [-0.25, -0.2) is 13.4 Å². The van der Waals surface area contributed by atoms with Crippen molar-refractivity contribution in [2.75, 3.05) is 18.0 Å². The van der Waals surface area contributed by atoms with Crippen molar-refractivity contribution in [2.45, 2.75) is 57.1 Å². The molecule has 4 nitrogen and oxygen atoms in total. The van der Waals surface area contributed by atoms with Crippen LogP contribution in [0, 0.1) is 27.7 Å². The molecule has 0 radical (unpaired) electrons. The summed E-state index contributed by atoms with van der Waals surface area (Å²) >= 11 is 13.7. The number of hydrogen-bond donors (Lipinski definition) is 0. The number of sulfone groups is 1. The lowest BCUT2D eigenvalue weighted by molar-refractivity contribution is 0.528. The first-order chi connectivity index (χ1) is 15.6. The van der Waals surface area contributed by atoms with E-state index < -0.39 is 9.84 Å². The van der Waals surface area contributed by atoms with Crippen LogP contribution in [0.15, 0.2) is 34.5 Å². The topological polar surface area (TPSA) is 50.3 Å². The van der Waals surface area contributed by atoms with E-state index in [-0.39, 0.29) is 5.25 Å². The average Bonchev–Trinajstić information content (AvgIpc) is 3.23. The zero-order chi connectivity index (χ0) is 23.9. The number of piperidine rings is 1. The highest BCUT2D eigenvalue weighted by atomic mass is 35.5. The maximum absolute atomic E-state index is 13.6. The van der Waals surface area contributed by atoms with Gasteiger partial charge in [-0.05, 0) is 80.5 Å². The van der Waals surface area contributed by atoms with E-state index in [9.17, 15) is 8.42 Å². The number of hydrogen-bond acceptors (Lipinski definition) is 5. The van der Waals surface area contributed by atoms with Crippen LogP contribution in [0.1, 0.15) is 46.4 Å². The Bertz CT molecular complexity index is 1270. The summed E-state index contributed by atoms with van der Waals surface area (Å²) in [5.41, 5.74) is 5.87. The second-order valence-electron chi connectivity index (χ2n) is 8.87. The molecule has 2 aromatic carbocycles. The minimum atomic E-state index is -3.38. The fourth-order valence-corrected chi connectivity index (χ4v) is 8.05. The minimum Gasteiger partial charge on any atom is -0.348 e. The zero-order valence-corrected chi connectivity index (χ0v) is 22.4. The molecular formula is C25H28Cl2N2O2S2. The summed E-state index contributed by atoms with van der Waals surface area (Å²) < 4.78 is 27.2. The van der Waals surface area contributed by atoms with E-state index in [0.717, 1.165) is 38.6 Å². The maximum Gasteiger partial charge on any atom is 0.185 e. The average molecular weight is 524 g/mol. The molecule has 1 aliphatic rings. The first-order valence-electron chi connectivity index (χ1n) is 11.0. The lowest BCUT2D eigenvalue weighted by atomic mass is 10.0. The van der Waals surface area contributed by atoms with Crippen LogP contribution < -0.4 is 4.90 Å². The molecule has 4 rings (SSSR count). The largest absolute Gasteiger partial charge is 0.348 e. The van der Waals surface area contributed by atoms with Crippen molar-refractivity contribution in [3.63, 3.8) is 0 Å². The van der Waals surface area contributed by atoms with Gasteiger partial charge in [0.15, 0.2) is 15.0 Å². The van der Waals surface area contributed by atoms with E-state index in [1.165, 1.54) is 0 Å². The molecule has 0 atom stereocenters. The SMILES string of the molecule is Cc1cc(C)c(C)c(S(=O)(=O)C2CCN(c3nc(Cc4ccc(Cl)c(Cl)c4)cs3)CC2)c1C. The molecule has 0 bridgehead atoms. The lowest BCUT2D eigenvalue weighted by Crippen LogP contribution is -2.39. The number of halogens is 2. The fourth-order valence-electron chi connectivity index (χ4n) is 4.51. The van der Waals surface area contributed by atoms with Gasteiger partial charge in [0.2, 0.25) is 0 Å². The number of rotatable bonds is 5. The molecule has 2 heterocycles. The third-order valence-electron chi connectivity index (χ3n) is 6.64. The molecule has 1 fully saturated rings. The van der Waals surface area contributed by atoms with Gasteiger partial charge >= 0.3 is 0 Å². The van der Waals surface area contributed by atoms with Crippen LogP contribution in [0.5, 0.6) is 0 Å². The highest BCUT2D eigenvalue weighted by Crippen LogP contribution is 2.34. The Morgan fingerprint density at radius 1 is 1.00 bits per heavy atom. The highest BCUT2D eigenvalue weighted by Gasteiger charge is 2.34. The second kappa shape index (κ2) is 9.57. The summed E-state index contributed by atoms with van der Waals surface area (Å²) in [6.45, 7) is 9.20. The first-order valence-corrected chi connectivity index (χ1v) is 14.2. The Hall–Kier alpha value is -1.60. The molecule has 0 spiro atoms. The number of nitrogens with zero attached hydrogens (tertiary/aromatic N) is 2. The second-order valence-corrected chi connectivity index (χ2v) is 12.7. The summed E-state index contributed by atoms with van der Waals surface area (Å²) in [5.74, 6) is 0. The molecule has 0 unspecified atom stereocenters. The van der Waals surface area contributed by atoms with Crippen molar-refractivity contribution >= 4 is 49.5 Å². The van der Waals surface area contributed by atoms with Crippen LogP contribution in [-0.2, 0) is 16.3 Å². The van der Waals surface area contributed by atoms with E-state index in [4.69, 9.17) is 28.2 Å². The van der Waals surface area contributed by atoms with Gasteiger partial charge in [-0.3, -0.25) is 0 Å². The third kappa shape index (κ3) is 4.95. The van der Waals surface area contributed by atoms with E-state index in [2.05, 4.69) is 16.3 Å². The molecule has 0 aliphatic carbocycles. The summed E-state index contributed by atoms with van der Waals surface area (Å²) in [6, 6.07) is 7.71. The van der Waals surface area contributed by atoms with E-state index >= 15 is 0 Å². The molecule has 176 valence electrons. The Morgan fingerprint density at radius 3 is 2.24 bits per heavy atom. The Balaban J connectivity index is 1.46. The van der Waals surface area contributed by atoms with Gasteiger partial charge in [0, 0.05) is 24.9 Å². The minimum absolute atomic E-state index is 0.358. The van der Waals surface area contributed by atoms with Crippen LogP contribution >= 0.6 is 34.5 Å². The third-order valence-corrected chi connectivity index (χ3v) is 10.9. The monoisotopic (exact) mass is 522 g/mol. The molecular weight excluding hydrogens is 495 g/mol. The van der Waals surface area contributed by atoms with Crippen LogP contribution in [0.4, 0.5) is 5.13 Å². The normalized spacial score (nSPS) is 15.3. The first kappa shape index (κ1) is 24.5. The summed E-state index contributed by atoms with van der Waals surface area (Å²) in [4.78, 5) is 7.54. The Kier molecular flexibility index (Phi) is 7.11. The summed E-state index contributed by atoms with van der Waals surface area (Å²) in [5, 5.41) is 3.73. The molecule has 33 heavy (non-hydrogen) atoms. The van der Waals surface area contributed by atoms with Crippen molar-refractivity contribution in [3.05, 3.63) is 73.2 Å². The van der Waals surface area contributed by atoms with E-state index in [1.54, 1.807) is 17.4 Å². The summed E-state index contributed by atoms with van der Waals surface area (Å²) in [7, 11) is -3.38. The van der Waals surface area contributed by atoms with Gasteiger partial charge in [0.05, 0.1) is 25.9 Å². The van der Waals surface area contributed by atoms with Crippen molar-refractivity contribution in [2.24, 2.45) is 0 Å². The number of aromatic nitrogens is 1. The molecule has 0 N–H and O–H groups in total. The molecule has 1 aromatic heterocycles. The van der Waals surface area contributed by atoms with Gasteiger partial charge in [0.25, 0.3) is 0 Å². The molecule has 0 amide bonds. The Labute approximate surface area is 210 Å². The van der Waals surface area contributed by atoms with Crippen LogP contribution in [0.3, 0.4) is 0 Å². The predicted octanol–water partition coefficient (Wildman–Crippen LogP) is 6.72. The quantitative estimate of drug-likeness (QED) is 0.373. The van der Waals surface area contributed by atoms with E-state index in [0.29, 0.717) is 47.3 Å². The van der Waals surface area contributed by atoms with Crippen LogP contribution in [0.25, 0.3) is 0 Å². The molecule has 0 saturated carbocycles. The van der Waals surface area contributed by atoms with Crippen molar-refractivity contribution < 1.29 is 8.42 Å². The molecule has 8 heteroatoms. The van der Waals surface area contributed by atoms with Crippen molar-refractivity contribution in [1.82, 2.24) is 4.98 Å². The summed E-state index contributed by atoms with van der Waals surface area (Å²) in [6.07, 6.45) is 1.90. The highest BCUT2D eigenvalue weighted by molar-refractivity contribution is 7.92. The molecule has 1 aliphatic heterocycles. The molecule has 3 aromatic rings. The van der Waals surface area contributed by atoms with Crippen molar-refractivity contribution in [1.29, 1.82) is 0 Å². The fraction of sp³-hybridized carbons (Fsp3) is 0.400. The smallest absolute Gasteiger partial charge is 0.185 e. The van der Waals surface area contributed by atoms with Gasteiger partial charge < -0.3 is 4.90 Å². The van der Waals surface area contributed by atoms with Crippen LogP contribution in [0.2, 0.25) is 10.0 Å². The number of thiazole rings is 1. The number of anilines is 1. The van der Waals surface area contributed by atoms with Gasteiger partial charge in [-0.1, -0.05) is 35.3 Å².